The minimum absolute atomic E-state index is 0.0912. The molecule has 0 bridgehead atoms. The summed E-state index contributed by atoms with van der Waals surface area (Å²) >= 11 is 0. The first-order valence-corrected chi connectivity index (χ1v) is 10.8. The molecule has 0 fully saturated rings. The Morgan fingerprint density at radius 1 is 1.08 bits per heavy atom. The predicted octanol–water partition coefficient (Wildman–Crippen LogP) is 0.834. The van der Waals surface area contributed by atoms with Gasteiger partial charge in [0.05, 0.1) is 5.75 Å². The molecule has 2 rings (SSSR count). The van der Waals surface area contributed by atoms with E-state index in [1.54, 1.807) is 12.1 Å². The molecule has 1 aromatic carbocycles. The van der Waals surface area contributed by atoms with E-state index in [1.807, 2.05) is 19.1 Å². The largest absolute Gasteiger partial charge is 0.413 e. The van der Waals surface area contributed by atoms with Crippen molar-refractivity contribution in [2.24, 2.45) is 0 Å². The molecule has 0 atom stereocenters. The van der Waals surface area contributed by atoms with Crippen molar-refractivity contribution in [1.29, 1.82) is 0 Å². The monoisotopic (exact) mass is 373 g/mol. The molecule has 0 aliphatic heterocycles. The van der Waals surface area contributed by atoms with Crippen molar-refractivity contribution in [3.05, 3.63) is 41.3 Å². The minimum atomic E-state index is -3.53. The summed E-state index contributed by atoms with van der Waals surface area (Å²) in [6.45, 7) is 2.13. The summed E-state index contributed by atoms with van der Waals surface area (Å²) in [5.41, 5.74) is 1.78. The average molecular weight is 373 g/mol. The Balaban J connectivity index is 1.80. The molecule has 10 heteroatoms. The van der Waals surface area contributed by atoms with E-state index in [4.69, 9.17) is 4.42 Å². The molecule has 0 saturated heterocycles. The lowest BCUT2D eigenvalue weighted by atomic mass is 10.2. The van der Waals surface area contributed by atoms with E-state index in [0.29, 0.717) is 12.0 Å². The van der Waals surface area contributed by atoms with E-state index >= 15 is 0 Å². The molecule has 1 heterocycles. The third-order valence-corrected chi connectivity index (χ3v) is 5.29. The highest BCUT2D eigenvalue weighted by molar-refractivity contribution is 7.90. The number of hydrogen-bond acceptors (Lipinski definition) is 7. The Labute approximate surface area is 141 Å². The molecule has 0 saturated carbocycles. The molecule has 0 aliphatic carbocycles. The highest BCUT2D eigenvalue weighted by Crippen LogP contribution is 2.09. The molecule has 8 nitrogen and oxygen atoms in total. The number of nitrogens with zero attached hydrogens (tertiary/aromatic N) is 2. The number of rotatable bonds is 8. The van der Waals surface area contributed by atoms with Gasteiger partial charge in [0.1, 0.15) is 0 Å². The maximum atomic E-state index is 12.0. The number of sulfonamides is 1. The van der Waals surface area contributed by atoms with E-state index in [-0.39, 0.29) is 24.6 Å². The zero-order valence-electron chi connectivity index (χ0n) is 13.4. The van der Waals surface area contributed by atoms with Gasteiger partial charge in [-0.25, -0.2) is 21.6 Å². The van der Waals surface area contributed by atoms with Crippen LogP contribution in [0.15, 0.2) is 33.9 Å². The predicted molar refractivity (Wildman–Crippen MR) is 87.5 cm³/mol. The molecular formula is C14H19N3O5S2. The van der Waals surface area contributed by atoms with Gasteiger partial charge in [0.2, 0.25) is 25.8 Å². The Bertz CT molecular complexity index is 887. The highest BCUT2D eigenvalue weighted by atomic mass is 32.2. The smallest absolute Gasteiger partial charge is 0.335 e. The third kappa shape index (κ3) is 5.69. The summed E-state index contributed by atoms with van der Waals surface area (Å²) in [7, 11) is -6.96. The Hall–Kier alpha value is -1.78. The van der Waals surface area contributed by atoms with E-state index in [9.17, 15) is 16.8 Å². The fourth-order valence-electron chi connectivity index (χ4n) is 1.91. The zero-order chi connectivity index (χ0) is 17.8. The van der Waals surface area contributed by atoms with Gasteiger partial charge in [0.15, 0.2) is 0 Å². The van der Waals surface area contributed by atoms with E-state index < -0.39 is 25.1 Å². The molecule has 132 valence electrons. The normalized spacial score (nSPS) is 12.4. The van der Waals surface area contributed by atoms with Gasteiger partial charge in [-0.1, -0.05) is 34.9 Å². The maximum Gasteiger partial charge on any atom is 0.335 e. The van der Waals surface area contributed by atoms with Crippen LogP contribution in [0.25, 0.3) is 0 Å². The van der Waals surface area contributed by atoms with Crippen LogP contribution in [0.3, 0.4) is 0 Å². The molecule has 0 aliphatic rings. The summed E-state index contributed by atoms with van der Waals surface area (Å²) in [6.07, 6.45) is 1.68. The van der Waals surface area contributed by atoms with Crippen molar-refractivity contribution in [3.63, 3.8) is 0 Å². The number of benzene rings is 1. The Morgan fingerprint density at radius 2 is 1.75 bits per heavy atom. The minimum Gasteiger partial charge on any atom is -0.413 e. The van der Waals surface area contributed by atoms with Gasteiger partial charge in [0, 0.05) is 19.2 Å². The molecule has 2 aromatic rings. The zero-order valence-corrected chi connectivity index (χ0v) is 15.0. The first kappa shape index (κ1) is 18.6. The van der Waals surface area contributed by atoms with Crippen LogP contribution in [-0.4, -0.2) is 39.8 Å². The van der Waals surface area contributed by atoms with Crippen LogP contribution in [0.2, 0.25) is 0 Å². The summed E-state index contributed by atoms with van der Waals surface area (Å²) in [4.78, 5) is 0. The van der Waals surface area contributed by atoms with Crippen molar-refractivity contribution < 1.29 is 21.3 Å². The summed E-state index contributed by atoms with van der Waals surface area (Å²) < 4.78 is 53.9. The van der Waals surface area contributed by atoms with Crippen LogP contribution in [0.4, 0.5) is 0 Å². The average Bonchev–Trinajstić information content (AvgIpc) is 2.95. The number of aryl methyl sites for hydroxylation is 2. The van der Waals surface area contributed by atoms with E-state index in [1.165, 1.54) is 0 Å². The lowest BCUT2D eigenvalue weighted by Crippen LogP contribution is -2.26. The fourth-order valence-corrected chi connectivity index (χ4v) is 3.54. The Morgan fingerprint density at radius 3 is 2.33 bits per heavy atom. The summed E-state index contributed by atoms with van der Waals surface area (Å²) in [5.74, 6) is 0.0691. The molecule has 1 aromatic heterocycles. The Kier molecular flexibility index (Phi) is 5.73. The topological polar surface area (TPSA) is 119 Å². The molecule has 1 N–H and O–H groups in total. The van der Waals surface area contributed by atoms with Crippen LogP contribution >= 0.6 is 0 Å². The molecule has 24 heavy (non-hydrogen) atoms. The second-order valence-electron chi connectivity index (χ2n) is 5.48. The van der Waals surface area contributed by atoms with Gasteiger partial charge >= 0.3 is 5.22 Å². The molecule has 0 amide bonds. The quantitative estimate of drug-likeness (QED) is 0.681. The van der Waals surface area contributed by atoms with Crippen molar-refractivity contribution in [1.82, 2.24) is 14.9 Å². The van der Waals surface area contributed by atoms with Crippen molar-refractivity contribution in [2.75, 3.05) is 12.8 Å². The second kappa shape index (κ2) is 7.41. The van der Waals surface area contributed by atoms with Gasteiger partial charge in [-0.15, -0.1) is 5.10 Å². The van der Waals surface area contributed by atoms with Gasteiger partial charge in [-0.3, -0.25) is 0 Å². The van der Waals surface area contributed by atoms with Crippen LogP contribution in [-0.2, 0) is 32.0 Å². The van der Waals surface area contributed by atoms with Crippen molar-refractivity contribution in [3.8, 4) is 0 Å². The third-order valence-electron chi connectivity index (χ3n) is 3.13. The van der Waals surface area contributed by atoms with Crippen molar-refractivity contribution in [2.45, 2.75) is 30.7 Å². The lowest BCUT2D eigenvalue weighted by molar-refractivity contribution is 0.394. The van der Waals surface area contributed by atoms with E-state index in [0.717, 1.165) is 11.8 Å². The first-order valence-electron chi connectivity index (χ1n) is 7.21. The first-order chi connectivity index (χ1) is 11.2. The lowest BCUT2D eigenvalue weighted by Gasteiger charge is -2.06. The van der Waals surface area contributed by atoms with Gasteiger partial charge in [-0.05, 0) is 18.9 Å². The summed E-state index contributed by atoms with van der Waals surface area (Å²) in [5, 5.41) is 6.62. The van der Waals surface area contributed by atoms with E-state index in [2.05, 4.69) is 14.9 Å². The molecule has 0 spiro atoms. The van der Waals surface area contributed by atoms with Crippen LogP contribution in [0.5, 0.6) is 0 Å². The SMILES string of the molecule is Cc1ccc(CS(=O)(=O)NCCCc2nnc(S(C)(=O)=O)o2)cc1. The van der Waals surface area contributed by atoms with Gasteiger partial charge in [0.25, 0.3) is 0 Å². The van der Waals surface area contributed by atoms with Crippen LogP contribution < -0.4 is 4.72 Å². The van der Waals surface area contributed by atoms with Crippen LogP contribution in [0, 0.1) is 6.92 Å². The summed E-state index contributed by atoms with van der Waals surface area (Å²) in [6, 6.07) is 7.28. The number of hydrogen-bond donors (Lipinski definition) is 1. The number of nitrogens with one attached hydrogen (secondary N) is 1. The standard InChI is InChI=1S/C14H19N3O5S2/c1-11-5-7-12(8-6-11)10-24(20,21)15-9-3-4-13-16-17-14(22-13)23(2,18)19/h5-8,15H,3-4,9-10H2,1-2H3. The number of sulfone groups is 1. The molecule has 0 unspecified atom stereocenters. The maximum absolute atomic E-state index is 12.0. The van der Waals surface area contributed by atoms with Crippen LogP contribution in [0.1, 0.15) is 23.4 Å². The van der Waals surface area contributed by atoms with Crippen molar-refractivity contribution >= 4 is 19.9 Å². The van der Waals surface area contributed by atoms with Gasteiger partial charge < -0.3 is 4.42 Å². The molecule has 0 radical (unpaired) electrons. The van der Waals surface area contributed by atoms with Gasteiger partial charge in [-0.2, -0.15) is 0 Å². The highest BCUT2D eigenvalue weighted by Gasteiger charge is 2.16. The fraction of sp³-hybridized carbons (Fsp3) is 0.429. The molecular weight excluding hydrogens is 354 g/mol. The second-order valence-corrected chi connectivity index (χ2v) is 9.18. The number of aromatic nitrogens is 2.